The van der Waals surface area contributed by atoms with Gasteiger partial charge < -0.3 is 10.6 Å². The number of hydrogen-bond acceptors (Lipinski definition) is 1. The molecule has 1 aromatic carbocycles. The van der Waals surface area contributed by atoms with Gasteiger partial charge in [0.1, 0.15) is 11.6 Å². The van der Waals surface area contributed by atoms with E-state index in [1.807, 2.05) is 6.92 Å². The van der Waals surface area contributed by atoms with Gasteiger partial charge in [-0.2, -0.15) is 0 Å². The Bertz CT molecular complexity index is 376. The number of carbonyl (C=O) groups is 1. The molecule has 0 heterocycles. The number of nitrogens with one attached hydrogen (secondary N) is 2. The van der Waals surface area contributed by atoms with Gasteiger partial charge in [0, 0.05) is 19.2 Å². The highest BCUT2D eigenvalue weighted by Gasteiger charge is 2.02. The van der Waals surface area contributed by atoms with E-state index in [0.717, 1.165) is 18.9 Å². The summed E-state index contributed by atoms with van der Waals surface area (Å²) in [6.45, 7) is 3.02. The minimum Gasteiger partial charge on any atom is -0.338 e. The van der Waals surface area contributed by atoms with Gasteiger partial charge in [-0.25, -0.2) is 13.6 Å². The molecule has 18 heavy (non-hydrogen) atoms. The molecule has 0 aliphatic heterocycles. The SMILES string of the molecule is CCCCNC(=O)NCCc1cc(F)cc(F)c1. The predicted octanol–water partition coefficient (Wildman–Crippen LogP) is 2.61. The van der Waals surface area contributed by atoms with Crippen molar-refractivity contribution in [3.05, 3.63) is 35.4 Å². The second-order valence-electron chi connectivity index (χ2n) is 4.06. The van der Waals surface area contributed by atoms with Crippen molar-refractivity contribution in [3.8, 4) is 0 Å². The lowest BCUT2D eigenvalue weighted by Crippen LogP contribution is -2.37. The summed E-state index contributed by atoms with van der Waals surface area (Å²) in [5.41, 5.74) is 0.529. The molecule has 3 nitrogen and oxygen atoms in total. The van der Waals surface area contributed by atoms with Crippen molar-refractivity contribution in [1.29, 1.82) is 0 Å². The Morgan fingerprint density at radius 2 is 1.72 bits per heavy atom. The zero-order valence-corrected chi connectivity index (χ0v) is 10.4. The smallest absolute Gasteiger partial charge is 0.314 e. The van der Waals surface area contributed by atoms with Crippen molar-refractivity contribution in [2.24, 2.45) is 0 Å². The van der Waals surface area contributed by atoms with Crippen LogP contribution in [0.15, 0.2) is 18.2 Å². The van der Waals surface area contributed by atoms with Crippen molar-refractivity contribution < 1.29 is 13.6 Å². The fourth-order valence-corrected chi connectivity index (χ4v) is 1.52. The summed E-state index contributed by atoms with van der Waals surface area (Å²) in [4.78, 5) is 11.3. The minimum absolute atomic E-state index is 0.250. The molecular formula is C13H18F2N2O. The van der Waals surface area contributed by atoms with Crippen LogP contribution in [0.25, 0.3) is 0 Å². The predicted molar refractivity (Wildman–Crippen MR) is 66.4 cm³/mol. The van der Waals surface area contributed by atoms with Crippen molar-refractivity contribution in [2.45, 2.75) is 26.2 Å². The fourth-order valence-electron chi connectivity index (χ4n) is 1.52. The Morgan fingerprint density at radius 1 is 1.11 bits per heavy atom. The van der Waals surface area contributed by atoms with Crippen molar-refractivity contribution in [3.63, 3.8) is 0 Å². The van der Waals surface area contributed by atoms with E-state index >= 15 is 0 Å². The molecule has 0 bridgehead atoms. The van der Waals surface area contributed by atoms with Crippen molar-refractivity contribution >= 4 is 6.03 Å². The molecular weight excluding hydrogens is 238 g/mol. The largest absolute Gasteiger partial charge is 0.338 e. The maximum atomic E-state index is 12.9. The van der Waals surface area contributed by atoms with E-state index in [4.69, 9.17) is 0 Å². The second-order valence-corrected chi connectivity index (χ2v) is 4.06. The van der Waals surface area contributed by atoms with E-state index in [9.17, 15) is 13.6 Å². The Labute approximate surface area is 106 Å². The Morgan fingerprint density at radius 3 is 2.33 bits per heavy atom. The number of hydrogen-bond donors (Lipinski definition) is 2. The van der Waals surface area contributed by atoms with Crippen LogP contribution >= 0.6 is 0 Å². The van der Waals surface area contributed by atoms with Gasteiger partial charge in [-0.1, -0.05) is 13.3 Å². The average molecular weight is 256 g/mol. The van der Waals surface area contributed by atoms with Gasteiger partial charge in [-0.15, -0.1) is 0 Å². The highest BCUT2D eigenvalue weighted by Crippen LogP contribution is 2.07. The van der Waals surface area contributed by atoms with Crippen molar-refractivity contribution in [2.75, 3.05) is 13.1 Å². The van der Waals surface area contributed by atoms with E-state index in [0.29, 0.717) is 25.1 Å². The minimum atomic E-state index is -0.600. The van der Waals surface area contributed by atoms with Gasteiger partial charge in [-0.3, -0.25) is 0 Å². The van der Waals surface area contributed by atoms with Crippen molar-refractivity contribution in [1.82, 2.24) is 10.6 Å². The molecule has 100 valence electrons. The summed E-state index contributed by atoms with van der Waals surface area (Å²) < 4.78 is 25.8. The third kappa shape index (κ3) is 5.61. The maximum absolute atomic E-state index is 12.9. The number of halogens is 2. The molecule has 0 aliphatic rings. The first kappa shape index (κ1) is 14.4. The number of carbonyl (C=O) groups excluding carboxylic acids is 1. The van der Waals surface area contributed by atoms with Crippen LogP contribution < -0.4 is 10.6 Å². The molecule has 0 spiro atoms. The zero-order chi connectivity index (χ0) is 13.4. The molecule has 2 amide bonds. The van der Waals surface area contributed by atoms with E-state index in [1.54, 1.807) is 0 Å². The first-order chi connectivity index (χ1) is 8.61. The topological polar surface area (TPSA) is 41.1 Å². The van der Waals surface area contributed by atoms with Crippen LogP contribution in [0.3, 0.4) is 0 Å². The van der Waals surface area contributed by atoms with Crippen LogP contribution in [0, 0.1) is 11.6 Å². The van der Waals surface area contributed by atoms with Crippen LogP contribution in [0.4, 0.5) is 13.6 Å². The van der Waals surface area contributed by atoms with E-state index in [-0.39, 0.29) is 6.03 Å². The molecule has 0 unspecified atom stereocenters. The monoisotopic (exact) mass is 256 g/mol. The molecule has 1 aromatic rings. The fraction of sp³-hybridized carbons (Fsp3) is 0.462. The van der Waals surface area contributed by atoms with Crippen LogP contribution in [-0.4, -0.2) is 19.1 Å². The van der Waals surface area contributed by atoms with Gasteiger partial charge in [0.15, 0.2) is 0 Å². The number of amides is 2. The molecule has 2 N–H and O–H groups in total. The molecule has 0 saturated heterocycles. The summed E-state index contributed by atoms with van der Waals surface area (Å²) >= 11 is 0. The van der Waals surface area contributed by atoms with Gasteiger partial charge in [0.05, 0.1) is 0 Å². The van der Waals surface area contributed by atoms with Gasteiger partial charge >= 0.3 is 6.03 Å². The first-order valence-corrected chi connectivity index (χ1v) is 6.08. The number of rotatable bonds is 6. The Kier molecular flexibility index (Phi) is 6.11. The lowest BCUT2D eigenvalue weighted by atomic mass is 10.1. The lowest BCUT2D eigenvalue weighted by molar-refractivity contribution is 0.241. The second kappa shape index (κ2) is 7.63. The quantitative estimate of drug-likeness (QED) is 0.755. The summed E-state index contributed by atoms with van der Waals surface area (Å²) in [7, 11) is 0. The molecule has 0 fully saturated rings. The van der Waals surface area contributed by atoms with Crippen LogP contribution in [-0.2, 0) is 6.42 Å². The number of unbranched alkanes of at least 4 members (excludes halogenated alkanes) is 1. The highest BCUT2D eigenvalue weighted by molar-refractivity contribution is 5.73. The van der Waals surface area contributed by atoms with Crippen LogP contribution in [0.5, 0.6) is 0 Å². The summed E-state index contributed by atoms with van der Waals surface area (Å²) in [5.74, 6) is -1.20. The molecule has 0 atom stereocenters. The Balaban J connectivity index is 2.26. The molecule has 0 aromatic heterocycles. The molecule has 5 heteroatoms. The third-order valence-corrected chi connectivity index (χ3v) is 2.44. The molecule has 0 aliphatic carbocycles. The summed E-state index contributed by atoms with van der Waals surface area (Å²) in [6.07, 6.45) is 2.35. The Hall–Kier alpha value is -1.65. The first-order valence-electron chi connectivity index (χ1n) is 6.08. The van der Waals surface area contributed by atoms with Gasteiger partial charge in [-0.05, 0) is 30.5 Å². The van der Waals surface area contributed by atoms with Crippen LogP contribution in [0.1, 0.15) is 25.3 Å². The maximum Gasteiger partial charge on any atom is 0.314 e. The molecule has 1 rings (SSSR count). The van der Waals surface area contributed by atoms with E-state index in [1.165, 1.54) is 12.1 Å². The van der Waals surface area contributed by atoms with Gasteiger partial charge in [0.2, 0.25) is 0 Å². The number of benzene rings is 1. The summed E-state index contributed by atoms with van der Waals surface area (Å²) in [6, 6.07) is 3.11. The molecule has 0 saturated carbocycles. The normalized spacial score (nSPS) is 10.2. The third-order valence-electron chi connectivity index (χ3n) is 2.44. The molecule has 0 radical (unpaired) electrons. The summed E-state index contributed by atoms with van der Waals surface area (Å²) in [5, 5.41) is 5.33. The van der Waals surface area contributed by atoms with Crippen LogP contribution in [0.2, 0.25) is 0 Å². The average Bonchev–Trinajstić information content (AvgIpc) is 2.28. The highest BCUT2D eigenvalue weighted by atomic mass is 19.1. The zero-order valence-electron chi connectivity index (χ0n) is 10.4. The van der Waals surface area contributed by atoms with Gasteiger partial charge in [0.25, 0.3) is 0 Å². The van der Waals surface area contributed by atoms with E-state index in [2.05, 4.69) is 10.6 Å². The number of urea groups is 1. The lowest BCUT2D eigenvalue weighted by Gasteiger charge is -2.07. The standard InChI is InChI=1S/C13H18F2N2O/c1-2-3-5-16-13(18)17-6-4-10-7-11(14)9-12(15)8-10/h7-9H,2-6H2,1H3,(H2,16,17,18). The van der Waals surface area contributed by atoms with E-state index < -0.39 is 11.6 Å².